The molecule has 1 aliphatic heterocycles. The van der Waals surface area contributed by atoms with Crippen molar-refractivity contribution in [2.45, 2.75) is 26.1 Å². The van der Waals surface area contributed by atoms with Crippen molar-refractivity contribution >= 4 is 11.6 Å². The van der Waals surface area contributed by atoms with E-state index in [1.807, 2.05) is 56.3 Å². The molecule has 4 heteroatoms. The minimum atomic E-state index is -0.666. The van der Waals surface area contributed by atoms with Gasteiger partial charge in [-0.3, -0.25) is 4.79 Å². The van der Waals surface area contributed by atoms with Gasteiger partial charge in [-0.15, -0.1) is 0 Å². The Morgan fingerprint density at radius 3 is 2.29 bits per heavy atom. The molecular formula is C17H17NO3. The van der Waals surface area contributed by atoms with E-state index in [1.165, 1.54) is 0 Å². The Labute approximate surface area is 123 Å². The van der Waals surface area contributed by atoms with Crippen molar-refractivity contribution in [3.8, 4) is 11.5 Å². The van der Waals surface area contributed by atoms with Gasteiger partial charge in [0.25, 0.3) is 5.91 Å². The number of hydrogen-bond acceptors (Lipinski definition) is 3. The minimum Gasteiger partial charge on any atom is -0.482 e. The van der Waals surface area contributed by atoms with Gasteiger partial charge in [0.15, 0.2) is 11.5 Å². The molecule has 1 aliphatic rings. The number of amides is 1. The van der Waals surface area contributed by atoms with Crippen LogP contribution in [0.15, 0.2) is 48.5 Å². The number of ether oxygens (including phenoxy) is 2. The standard InChI is InChI=1S/C17H17NO3/c1-11-7-9-13(10-8-11)18-17(19)16-12(2)20-14-5-3-4-6-15(14)21-16/h3-10,12,16H,1-2H3,(H,18,19)/t12-,16+/m1/s1. The average Bonchev–Trinajstić information content (AvgIpc) is 2.49. The highest BCUT2D eigenvalue weighted by Gasteiger charge is 2.33. The first-order chi connectivity index (χ1) is 10.1. The van der Waals surface area contributed by atoms with E-state index >= 15 is 0 Å². The van der Waals surface area contributed by atoms with Crippen molar-refractivity contribution in [2.24, 2.45) is 0 Å². The maximum atomic E-state index is 12.4. The Hall–Kier alpha value is -2.49. The van der Waals surface area contributed by atoms with Crippen molar-refractivity contribution in [3.63, 3.8) is 0 Å². The molecule has 2 aromatic carbocycles. The van der Waals surface area contributed by atoms with Gasteiger partial charge in [-0.25, -0.2) is 0 Å². The summed E-state index contributed by atoms with van der Waals surface area (Å²) in [5.74, 6) is 1.06. The number of aryl methyl sites for hydroxylation is 1. The first kappa shape index (κ1) is 13.5. The van der Waals surface area contributed by atoms with Crippen molar-refractivity contribution in [2.75, 3.05) is 5.32 Å². The summed E-state index contributed by atoms with van der Waals surface area (Å²) in [4.78, 5) is 12.4. The zero-order chi connectivity index (χ0) is 14.8. The van der Waals surface area contributed by atoms with Crippen LogP contribution in [0.1, 0.15) is 12.5 Å². The summed E-state index contributed by atoms with van der Waals surface area (Å²) in [5.41, 5.74) is 1.90. The average molecular weight is 283 g/mol. The van der Waals surface area contributed by atoms with E-state index in [0.717, 1.165) is 11.3 Å². The number of nitrogens with one attached hydrogen (secondary N) is 1. The molecule has 0 unspecified atom stereocenters. The second-order valence-electron chi connectivity index (χ2n) is 5.16. The Morgan fingerprint density at radius 2 is 1.62 bits per heavy atom. The van der Waals surface area contributed by atoms with Crippen molar-refractivity contribution in [1.82, 2.24) is 0 Å². The van der Waals surface area contributed by atoms with E-state index in [0.29, 0.717) is 11.5 Å². The van der Waals surface area contributed by atoms with E-state index in [9.17, 15) is 4.79 Å². The Bertz CT molecular complexity index is 651. The van der Waals surface area contributed by atoms with Gasteiger partial charge in [-0.2, -0.15) is 0 Å². The molecule has 0 spiro atoms. The van der Waals surface area contributed by atoms with Crippen LogP contribution in [-0.4, -0.2) is 18.1 Å². The van der Waals surface area contributed by atoms with Crippen molar-refractivity contribution in [3.05, 3.63) is 54.1 Å². The van der Waals surface area contributed by atoms with Crippen LogP contribution in [0.5, 0.6) is 11.5 Å². The Morgan fingerprint density at radius 1 is 1.00 bits per heavy atom. The summed E-state index contributed by atoms with van der Waals surface area (Å²) in [5, 5.41) is 2.86. The lowest BCUT2D eigenvalue weighted by Crippen LogP contribution is -2.46. The molecule has 0 radical (unpaired) electrons. The maximum Gasteiger partial charge on any atom is 0.269 e. The van der Waals surface area contributed by atoms with Crippen LogP contribution in [0.3, 0.4) is 0 Å². The van der Waals surface area contributed by atoms with E-state index in [-0.39, 0.29) is 12.0 Å². The summed E-state index contributed by atoms with van der Waals surface area (Å²) < 4.78 is 11.5. The SMILES string of the molecule is Cc1ccc(NC(=O)[C@H]2Oc3ccccc3O[C@@H]2C)cc1. The number of hydrogen-bond donors (Lipinski definition) is 1. The number of anilines is 1. The molecule has 1 N–H and O–H groups in total. The molecule has 0 aliphatic carbocycles. The van der Waals surface area contributed by atoms with Gasteiger partial charge in [0.1, 0.15) is 6.10 Å². The summed E-state index contributed by atoms with van der Waals surface area (Å²) in [6, 6.07) is 15.0. The van der Waals surface area contributed by atoms with Crippen LogP contribution in [0.4, 0.5) is 5.69 Å². The van der Waals surface area contributed by atoms with Gasteiger partial charge in [-0.05, 0) is 38.1 Å². The van der Waals surface area contributed by atoms with Crippen molar-refractivity contribution in [1.29, 1.82) is 0 Å². The third kappa shape index (κ3) is 2.84. The smallest absolute Gasteiger partial charge is 0.269 e. The van der Waals surface area contributed by atoms with E-state index in [1.54, 1.807) is 6.07 Å². The summed E-state index contributed by atoms with van der Waals surface area (Å²) in [7, 11) is 0. The molecule has 0 aromatic heterocycles. The first-order valence-electron chi connectivity index (χ1n) is 6.93. The fourth-order valence-electron chi connectivity index (χ4n) is 2.26. The van der Waals surface area contributed by atoms with Crippen LogP contribution < -0.4 is 14.8 Å². The number of benzene rings is 2. The summed E-state index contributed by atoms with van der Waals surface area (Å²) in [6.07, 6.45) is -1.01. The molecule has 2 aromatic rings. The van der Waals surface area contributed by atoms with Gasteiger partial charge < -0.3 is 14.8 Å². The summed E-state index contributed by atoms with van der Waals surface area (Å²) >= 11 is 0. The molecule has 3 rings (SSSR count). The lowest BCUT2D eigenvalue weighted by Gasteiger charge is -2.31. The molecule has 108 valence electrons. The molecule has 0 saturated carbocycles. The number of rotatable bonds is 2. The third-order valence-corrected chi connectivity index (χ3v) is 3.42. The van der Waals surface area contributed by atoms with E-state index < -0.39 is 6.10 Å². The molecule has 0 fully saturated rings. The van der Waals surface area contributed by atoms with Crippen LogP contribution in [0.2, 0.25) is 0 Å². The van der Waals surface area contributed by atoms with Gasteiger partial charge >= 0.3 is 0 Å². The molecular weight excluding hydrogens is 266 g/mol. The van der Waals surface area contributed by atoms with Crippen molar-refractivity contribution < 1.29 is 14.3 Å². The number of carbonyl (C=O) groups excluding carboxylic acids is 1. The van der Waals surface area contributed by atoms with Crippen LogP contribution in [0.25, 0.3) is 0 Å². The lowest BCUT2D eigenvalue weighted by molar-refractivity contribution is -0.128. The van der Waals surface area contributed by atoms with Gasteiger partial charge in [0.05, 0.1) is 0 Å². The topological polar surface area (TPSA) is 47.6 Å². The third-order valence-electron chi connectivity index (χ3n) is 3.42. The first-order valence-corrected chi connectivity index (χ1v) is 6.93. The molecule has 0 saturated heterocycles. The zero-order valence-corrected chi connectivity index (χ0v) is 12.0. The van der Waals surface area contributed by atoms with Crippen LogP contribution >= 0.6 is 0 Å². The quantitative estimate of drug-likeness (QED) is 0.921. The van der Waals surface area contributed by atoms with Crippen LogP contribution in [-0.2, 0) is 4.79 Å². The molecule has 1 amide bonds. The largest absolute Gasteiger partial charge is 0.482 e. The highest BCUT2D eigenvalue weighted by atomic mass is 16.6. The minimum absolute atomic E-state index is 0.208. The summed E-state index contributed by atoms with van der Waals surface area (Å²) in [6.45, 7) is 3.83. The maximum absolute atomic E-state index is 12.4. The highest BCUT2D eigenvalue weighted by Crippen LogP contribution is 2.33. The number of fused-ring (bicyclic) bond motifs is 1. The lowest BCUT2D eigenvalue weighted by atomic mass is 10.1. The van der Waals surface area contributed by atoms with Gasteiger partial charge in [0, 0.05) is 5.69 Å². The molecule has 1 heterocycles. The van der Waals surface area contributed by atoms with Crippen LogP contribution in [0, 0.1) is 6.92 Å². The molecule has 4 nitrogen and oxygen atoms in total. The Kier molecular flexibility index (Phi) is 3.52. The fraction of sp³-hybridized carbons (Fsp3) is 0.235. The second kappa shape index (κ2) is 5.48. The fourth-order valence-corrected chi connectivity index (χ4v) is 2.26. The molecule has 2 atom stereocenters. The second-order valence-corrected chi connectivity index (χ2v) is 5.16. The number of carbonyl (C=O) groups is 1. The van der Waals surface area contributed by atoms with E-state index in [2.05, 4.69) is 5.32 Å². The van der Waals surface area contributed by atoms with Gasteiger partial charge in [-0.1, -0.05) is 29.8 Å². The zero-order valence-electron chi connectivity index (χ0n) is 12.0. The number of para-hydroxylation sites is 2. The molecule has 21 heavy (non-hydrogen) atoms. The highest BCUT2D eigenvalue weighted by molar-refractivity contribution is 5.95. The normalized spacial score (nSPS) is 19.9. The van der Waals surface area contributed by atoms with E-state index in [4.69, 9.17) is 9.47 Å². The Balaban J connectivity index is 1.74. The molecule has 0 bridgehead atoms. The predicted molar refractivity (Wildman–Crippen MR) is 80.8 cm³/mol. The predicted octanol–water partition coefficient (Wildman–Crippen LogP) is 3.16. The monoisotopic (exact) mass is 283 g/mol. The van der Waals surface area contributed by atoms with Gasteiger partial charge in [0.2, 0.25) is 6.10 Å².